The smallest absolute Gasteiger partial charge is 0.282 e. The van der Waals surface area contributed by atoms with Gasteiger partial charge in [0.15, 0.2) is 0 Å². The molecule has 22 heavy (non-hydrogen) atoms. The summed E-state index contributed by atoms with van der Waals surface area (Å²) in [6.07, 6.45) is 4.65. The number of hydrogen-bond acceptors (Lipinski definition) is 4. The van der Waals surface area contributed by atoms with E-state index in [1.165, 1.54) is 24.6 Å². The number of carbonyl (C=O) groups excluding carboxylic acids is 1. The van der Waals surface area contributed by atoms with Gasteiger partial charge in [-0.2, -0.15) is 0 Å². The third-order valence-electron chi connectivity index (χ3n) is 4.07. The van der Waals surface area contributed by atoms with E-state index in [2.05, 4.69) is 5.32 Å². The summed E-state index contributed by atoms with van der Waals surface area (Å²) < 4.78 is 0. The average molecular weight is 327 g/mol. The van der Waals surface area contributed by atoms with Gasteiger partial charge < -0.3 is 10.4 Å². The first-order valence-corrected chi connectivity index (χ1v) is 7.77. The number of aliphatic hydroxyl groups is 1. The Labute approximate surface area is 133 Å². The number of hydrogen-bond donors (Lipinski definition) is 2. The number of nitro groups is 1. The Bertz CT molecular complexity index is 558. The van der Waals surface area contributed by atoms with Gasteiger partial charge in [0.2, 0.25) is 0 Å². The molecule has 1 fully saturated rings. The fourth-order valence-electron chi connectivity index (χ4n) is 2.83. The lowest BCUT2D eigenvalue weighted by Gasteiger charge is -2.26. The highest BCUT2D eigenvalue weighted by Crippen LogP contribution is 2.26. The van der Waals surface area contributed by atoms with Crippen LogP contribution in [0.5, 0.6) is 0 Å². The molecule has 120 valence electrons. The predicted molar refractivity (Wildman–Crippen MR) is 83.0 cm³/mol. The third-order valence-corrected chi connectivity index (χ3v) is 4.30. The number of halogens is 1. The average Bonchev–Trinajstić information content (AvgIpc) is 2.52. The highest BCUT2D eigenvalue weighted by molar-refractivity contribution is 6.31. The molecule has 1 aliphatic rings. The van der Waals surface area contributed by atoms with Crippen molar-refractivity contribution in [3.63, 3.8) is 0 Å². The molecule has 2 N–H and O–H groups in total. The van der Waals surface area contributed by atoms with E-state index < -0.39 is 16.9 Å². The molecule has 0 spiro atoms. The SMILES string of the molecule is O=C(NCC(O)C1CCCCC1)c1cc(Cl)ccc1[N+](=O)[O-]. The van der Waals surface area contributed by atoms with E-state index in [-0.39, 0.29) is 28.7 Å². The monoisotopic (exact) mass is 326 g/mol. The fourth-order valence-corrected chi connectivity index (χ4v) is 3.00. The minimum atomic E-state index is -0.623. The molecule has 0 radical (unpaired) electrons. The summed E-state index contributed by atoms with van der Waals surface area (Å²) in [5, 5.41) is 23.9. The van der Waals surface area contributed by atoms with E-state index >= 15 is 0 Å². The Morgan fingerprint density at radius 1 is 1.41 bits per heavy atom. The van der Waals surface area contributed by atoms with Crippen LogP contribution in [0.2, 0.25) is 5.02 Å². The first-order chi connectivity index (χ1) is 10.5. The van der Waals surface area contributed by atoms with E-state index in [0.29, 0.717) is 0 Å². The number of nitrogens with one attached hydrogen (secondary N) is 1. The van der Waals surface area contributed by atoms with Gasteiger partial charge in [0.05, 0.1) is 11.0 Å². The van der Waals surface area contributed by atoms with Crippen LogP contribution in [0.15, 0.2) is 18.2 Å². The molecule has 1 unspecified atom stereocenters. The lowest BCUT2D eigenvalue weighted by atomic mass is 9.85. The molecule has 1 aliphatic carbocycles. The van der Waals surface area contributed by atoms with Gasteiger partial charge in [0, 0.05) is 17.6 Å². The molecule has 0 saturated heterocycles. The van der Waals surface area contributed by atoms with Gasteiger partial charge in [-0.1, -0.05) is 30.9 Å². The lowest BCUT2D eigenvalue weighted by Crippen LogP contribution is -2.37. The highest BCUT2D eigenvalue weighted by atomic mass is 35.5. The molecule has 6 nitrogen and oxygen atoms in total. The minimum Gasteiger partial charge on any atom is -0.391 e. The Morgan fingerprint density at radius 3 is 2.73 bits per heavy atom. The summed E-state index contributed by atoms with van der Waals surface area (Å²) in [7, 11) is 0. The van der Waals surface area contributed by atoms with Gasteiger partial charge in [-0.15, -0.1) is 0 Å². The Kier molecular flexibility index (Phi) is 5.74. The number of nitro benzene ring substituents is 1. The quantitative estimate of drug-likeness (QED) is 0.642. The largest absolute Gasteiger partial charge is 0.391 e. The molecule has 1 amide bonds. The molecule has 2 rings (SSSR count). The van der Waals surface area contributed by atoms with Crippen molar-refractivity contribution in [1.29, 1.82) is 0 Å². The van der Waals surface area contributed by atoms with E-state index in [1.807, 2.05) is 0 Å². The van der Waals surface area contributed by atoms with Crippen molar-refractivity contribution in [2.24, 2.45) is 5.92 Å². The molecule has 1 saturated carbocycles. The van der Waals surface area contributed by atoms with E-state index in [4.69, 9.17) is 11.6 Å². The minimum absolute atomic E-state index is 0.0895. The Balaban J connectivity index is 2.00. The van der Waals surface area contributed by atoms with Crippen LogP contribution in [0, 0.1) is 16.0 Å². The van der Waals surface area contributed by atoms with E-state index in [0.717, 1.165) is 25.7 Å². The molecule has 1 atom stereocenters. The van der Waals surface area contributed by atoms with Crippen molar-refractivity contribution in [2.75, 3.05) is 6.54 Å². The predicted octanol–water partition coefficient (Wildman–Crippen LogP) is 2.92. The topological polar surface area (TPSA) is 92.5 Å². The zero-order valence-electron chi connectivity index (χ0n) is 12.1. The van der Waals surface area contributed by atoms with E-state index in [1.54, 1.807) is 0 Å². The maximum absolute atomic E-state index is 12.1. The van der Waals surface area contributed by atoms with Gasteiger partial charge in [0.1, 0.15) is 5.56 Å². The van der Waals surface area contributed by atoms with Gasteiger partial charge >= 0.3 is 0 Å². The van der Waals surface area contributed by atoms with E-state index in [9.17, 15) is 20.0 Å². The molecule has 0 heterocycles. The lowest BCUT2D eigenvalue weighted by molar-refractivity contribution is -0.385. The number of carbonyl (C=O) groups is 1. The molecule has 1 aromatic rings. The van der Waals surface area contributed by atoms with Crippen molar-refractivity contribution >= 4 is 23.2 Å². The van der Waals surface area contributed by atoms with Crippen molar-refractivity contribution in [2.45, 2.75) is 38.2 Å². The molecular formula is C15H19ClN2O4. The second-order valence-electron chi connectivity index (χ2n) is 5.59. The fraction of sp³-hybridized carbons (Fsp3) is 0.533. The third kappa shape index (κ3) is 4.18. The van der Waals surface area contributed by atoms with Crippen LogP contribution in [0.4, 0.5) is 5.69 Å². The molecule has 0 aliphatic heterocycles. The summed E-state index contributed by atoms with van der Waals surface area (Å²) in [4.78, 5) is 22.5. The summed E-state index contributed by atoms with van der Waals surface area (Å²) >= 11 is 5.80. The number of nitrogens with zero attached hydrogens (tertiary/aromatic N) is 1. The van der Waals surface area contributed by atoms with Crippen LogP contribution >= 0.6 is 11.6 Å². The molecule has 0 aromatic heterocycles. The molecule has 0 bridgehead atoms. The summed E-state index contributed by atoms with van der Waals surface area (Å²) in [5.74, 6) is -0.410. The van der Waals surface area contributed by atoms with Crippen LogP contribution in [-0.4, -0.2) is 28.6 Å². The summed E-state index contributed by atoms with van der Waals surface area (Å²) in [6.45, 7) is 0.0904. The van der Waals surface area contributed by atoms with Crippen LogP contribution in [0.3, 0.4) is 0 Å². The van der Waals surface area contributed by atoms with Gasteiger partial charge in [-0.05, 0) is 30.9 Å². The van der Waals surface area contributed by atoms with Gasteiger partial charge in [-0.3, -0.25) is 14.9 Å². The first kappa shape index (κ1) is 16.7. The van der Waals surface area contributed by atoms with Gasteiger partial charge in [-0.25, -0.2) is 0 Å². The second-order valence-corrected chi connectivity index (χ2v) is 6.03. The van der Waals surface area contributed by atoms with Gasteiger partial charge in [0.25, 0.3) is 11.6 Å². The summed E-state index contributed by atoms with van der Waals surface area (Å²) in [5.41, 5.74) is -0.387. The number of benzene rings is 1. The number of rotatable bonds is 5. The van der Waals surface area contributed by atoms with Crippen LogP contribution in [0.25, 0.3) is 0 Å². The molecule has 7 heteroatoms. The maximum atomic E-state index is 12.1. The van der Waals surface area contributed by atoms with Crippen molar-refractivity contribution in [3.05, 3.63) is 38.9 Å². The second kappa shape index (κ2) is 7.56. The normalized spacial score (nSPS) is 17.0. The van der Waals surface area contributed by atoms with Crippen molar-refractivity contribution in [3.8, 4) is 0 Å². The standard InChI is InChI=1S/C15H19ClN2O4/c16-11-6-7-13(18(21)22)12(8-11)15(20)17-9-14(19)10-4-2-1-3-5-10/h6-8,10,14,19H,1-5,9H2,(H,17,20). The van der Waals surface area contributed by atoms with Crippen molar-refractivity contribution < 1.29 is 14.8 Å². The highest BCUT2D eigenvalue weighted by Gasteiger charge is 2.24. The Hall–Kier alpha value is -1.66. The van der Waals surface area contributed by atoms with Crippen LogP contribution < -0.4 is 5.32 Å². The number of aliphatic hydroxyl groups excluding tert-OH is 1. The number of amides is 1. The van der Waals surface area contributed by atoms with Crippen LogP contribution in [-0.2, 0) is 0 Å². The molecular weight excluding hydrogens is 308 g/mol. The zero-order valence-corrected chi connectivity index (χ0v) is 12.9. The maximum Gasteiger partial charge on any atom is 0.282 e. The van der Waals surface area contributed by atoms with Crippen molar-refractivity contribution in [1.82, 2.24) is 5.32 Å². The Morgan fingerprint density at radius 2 is 2.09 bits per heavy atom. The molecule has 1 aromatic carbocycles. The zero-order chi connectivity index (χ0) is 16.1. The van der Waals surface area contributed by atoms with Crippen LogP contribution in [0.1, 0.15) is 42.5 Å². The summed E-state index contributed by atoms with van der Waals surface area (Å²) in [6, 6.07) is 3.84. The first-order valence-electron chi connectivity index (χ1n) is 7.39.